The van der Waals surface area contributed by atoms with Crippen LogP contribution in [0.1, 0.15) is 5.56 Å². The molecule has 0 heterocycles. The van der Waals surface area contributed by atoms with Crippen molar-refractivity contribution in [3.05, 3.63) is 58.9 Å². The minimum absolute atomic E-state index is 0.258. The lowest BCUT2D eigenvalue weighted by atomic mass is 10.1. The number of hydrogen-bond acceptors (Lipinski definition) is 2. The molecule has 0 bridgehead atoms. The number of halogens is 2. The minimum atomic E-state index is -0.258. The first-order valence-electron chi connectivity index (χ1n) is 6.09. The highest BCUT2D eigenvalue weighted by atomic mass is 35.5. The Morgan fingerprint density at radius 1 is 1.21 bits per heavy atom. The van der Waals surface area contributed by atoms with Crippen molar-refractivity contribution in [3.63, 3.8) is 0 Å². The van der Waals surface area contributed by atoms with Crippen LogP contribution in [-0.4, -0.2) is 13.6 Å². The SMILES string of the molecule is CN(c1cccc(F)c1)c1cc(Cl)ccc1CCN. The van der Waals surface area contributed by atoms with Gasteiger partial charge in [-0.05, 0) is 48.9 Å². The monoisotopic (exact) mass is 278 g/mol. The van der Waals surface area contributed by atoms with Crippen LogP contribution >= 0.6 is 11.6 Å². The fourth-order valence-electron chi connectivity index (χ4n) is 2.04. The molecular weight excluding hydrogens is 263 g/mol. The maximum Gasteiger partial charge on any atom is 0.125 e. The molecule has 19 heavy (non-hydrogen) atoms. The van der Waals surface area contributed by atoms with E-state index < -0.39 is 0 Å². The Hall–Kier alpha value is -1.58. The summed E-state index contributed by atoms with van der Waals surface area (Å²) >= 11 is 6.05. The van der Waals surface area contributed by atoms with Gasteiger partial charge in [0.05, 0.1) is 0 Å². The Kier molecular flexibility index (Phi) is 4.40. The molecule has 0 saturated carbocycles. The van der Waals surface area contributed by atoms with Crippen LogP contribution in [0.15, 0.2) is 42.5 Å². The molecular formula is C15H16ClFN2. The molecule has 4 heteroatoms. The van der Waals surface area contributed by atoms with Crippen LogP contribution in [0.2, 0.25) is 5.02 Å². The van der Waals surface area contributed by atoms with E-state index in [1.165, 1.54) is 12.1 Å². The normalized spacial score (nSPS) is 10.5. The number of anilines is 2. The van der Waals surface area contributed by atoms with Gasteiger partial charge in [-0.15, -0.1) is 0 Å². The molecule has 0 aromatic heterocycles. The van der Waals surface area contributed by atoms with Crippen molar-refractivity contribution in [2.45, 2.75) is 6.42 Å². The second-order valence-electron chi connectivity index (χ2n) is 4.35. The zero-order chi connectivity index (χ0) is 13.8. The summed E-state index contributed by atoms with van der Waals surface area (Å²) in [7, 11) is 1.89. The second-order valence-corrected chi connectivity index (χ2v) is 4.79. The minimum Gasteiger partial charge on any atom is -0.344 e. The molecule has 0 radical (unpaired) electrons. The maximum atomic E-state index is 13.3. The van der Waals surface area contributed by atoms with E-state index in [0.717, 1.165) is 23.4 Å². The van der Waals surface area contributed by atoms with Crippen LogP contribution < -0.4 is 10.6 Å². The summed E-state index contributed by atoms with van der Waals surface area (Å²) in [5.41, 5.74) is 8.44. The lowest BCUT2D eigenvalue weighted by Crippen LogP contribution is -2.14. The molecule has 0 fully saturated rings. The fourth-order valence-corrected chi connectivity index (χ4v) is 2.21. The highest BCUT2D eigenvalue weighted by Crippen LogP contribution is 2.30. The summed E-state index contributed by atoms with van der Waals surface area (Å²) in [5.74, 6) is -0.258. The predicted octanol–water partition coefficient (Wildman–Crippen LogP) is 3.75. The van der Waals surface area contributed by atoms with Crippen molar-refractivity contribution in [2.75, 3.05) is 18.5 Å². The third-order valence-electron chi connectivity index (χ3n) is 3.02. The smallest absolute Gasteiger partial charge is 0.125 e. The lowest BCUT2D eigenvalue weighted by molar-refractivity contribution is 0.628. The standard InChI is InChI=1S/C15H16ClFN2/c1-19(14-4-2-3-13(17)10-14)15-9-12(16)6-5-11(15)7-8-18/h2-6,9-10H,7-8,18H2,1H3. The van der Waals surface area contributed by atoms with Gasteiger partial charge in [0.2, 0.25) is 0 Å². The molecule has 2 N–H and O–H groups in total. The Bertz CT molecular complexity index is 572. The number of rotatable bonds is 4. The van der Waals surface area contributed by atoms with Crippen LogP contribution in [0.5, 0.6) is 0 Å². The van der Waals surface area contributed by atoms with Crippen molar-refractivity contribution in [2.24, 2.45) is 5.73 Å². The predicted molar refractivity (Wildman–Crippen MR) is 78.7 cm³/mol. The van der Waals surface area contributed by atoms with Crippen molar-refractivity contribution in [1.82, 2.24) is 0 Å². The van der Waals surface area contributed by atoms with Crippen LogP contribution in [0.25, 0.3) is 0 Å². The molecule has 2 aromatic carbocycles. The first-order chi connectivity index (χ1) is 9.11. The molecule has 0 saturated heterocycles. The third-order valence-corrected chi connectivity index (χ3v) is 3.25. The zero-order valence-electron chi connectivity index (χ0n) is 10.7. The van der Waals surface area contributed by atoms with Gasteiger partial charge in [-0.2, -0.15) is 0 Å². The van der Waals surface area contributed by atoms with E-state index in [9.17, 15) is 4.39 Å². The van der Waals surface area contributed by atoms with Gasteiger partial charge in [-0.1, -0.05) is 23.7 Å². The number of hydrogen-bond donors (Lipinski definition) is 1. The Morgan fingerprint density at radius 2 is 2.00 bits per heavy atom. The number of benzene rings is 2. The molecule has 2 aromatic rings. The van der Waals surface area contributed by atoms with Gasteiger partial charge < -0.3 is 10.6 Å². The highest BCUT2D eigenvalue weighted by molar-refractivity contribution is 6.30. The summed E-state index contributed by atoms with van der Waals surface area (Å²) in [5, 5.41) is 0.652. The van der Waals surface area contributed by atoms with Gasteiger partial charge in [0.25, 0.3) is 0 Å². The molecule has 0 aliphatic heterocycles. The molecule has 0 aliphatic carbocycles. The summed E-state index contributed by atoms with van der Waals surface area (Å²) in [4.78, 5) is 1.92. The highest BCUT2D eigenvalue weighted by Gasteiger charge is 2.10. The molecule has 0 unspecified atom stereocenters. The Balaban J connectivity index is 2.42. The van der Waals surface area contributed by atoms with Gasteiger partial charge in [0.1, 0.15) is 5.82 Å². The van der Waals surface area contributed by atoms with E-state index in [1.807, 2.05) is 36.2 Å². The van der Waals surface area contributed by atoms with Gasteiger partial charge >= 0.3 is 0 Å². The van der Waals surface area contributed by atoms with Crippen molar-refractivity contribution in [1.29, 1.82) is 0 Å². The first kappa shape index (κ1) is 13.8. The molecule has 2 rings (SSSR count). The van der Waals surface area contributed by atoms with Crippen molar-refractivity contribution in [3.8, 4) is 0 Å². The van der Waals surface area contributed by atoms with Gasteiger partial charge in [0, 0.05) is 23.4 Å². The van der Waals surface area contributed by atoms with Crippen LogP contribution in [0.3, 0.4) is 0 Å². The summed E-state index contributed by atoms with van der Waals surface area (Å²) in [6.45, 7) is 0.561. The second kappa shape index (κ2) is 6.04. The van der Waals surface area contributed by atoms with Gasteiger partial charge in [-0.25, -0.2) is 4.39 Å². The van der Waals surface area contributed by atoms with Crippen molar-refractivity contribution >= 4 is 23.0 Å². The van der Waals surface area contributed by atoms with E-state index in [0.29, 0.717) is 11.6 Å². The third kappa shape index (κ3) is 3.25. The average molecular weight is 279 g/mol. The maximum absolute atomic E-state index is 13.3. The lowest BCUT2D eigenvalue weighted by Gasteiger charge is -2.23. The molecule has 0 atom stereocenters. The summed E-state index contributed by atoms with van der Waals surface area (Å²) < 4.78 is 13.3. The summed E-state index contributed by atoms with van der Waals surface area (Å²) in [6, 6.07) is 12.1. The molecule has 0 aliphatic rings. The van der Waals surface area contributed by atoms with Gasteiger partial charge in [0.15, 0.2) is 0 Å². The Morgan fingerprint density at radius 3 is 2.68 bits per heavy atom. The quantitative estimate of drug-likeness (QED) is 0.923. The van der Waals surface area contributed by atoms with E-state index in [2.05, 4.69) is 0 Å². The van der Waals surface area contributed by atoms with E-state index in [1.54, 1.807) is 6.07 Å². The average Bonchev–Trinajstić information content (AvgIpc) is 2.40. The van der Waals surface area contributed by atoms with Crippen LogP contribution in [-0.2, 0) is 6.42 Å². The fraction of sp³-hybridized carbons (Fsp3) is 0.200. The van der Waals surface area contributed by atoms with E-state index in [4.69, 9.17) is 17.3 Å². The van der Waals surface area contributed by atoms with E-state index >= 15 is 0 Å². The molecule has 0 spiro atoms. The van der Waals surface area contributed by atoms with E-state index in [-0.39, 0.29) is 5.82 Å². The zero-order valence-corrected chi connectivity index (χ0v) is 11.5. The molecule has 0 amide bonds. The topological polar surface area (TPSA) is 29.3 Å². The van der Waals surface area contributed by atoms with Gasteiger partial charge in [-0.3, -0.25) is 0 Å². The van der Waals surface area contributed by atoms with Crippen LogP contribution in [0.4, 0.5) is 15.8 Å². The number of nitrogens with two attached hydrogens (primary N) is 1. The largest absolute Gasteiger partial charge is 0.344 e. The first-order valence-corrected chi connectivity index (χ1v) is 6.47. The molecule has 100 valence electrons. The summed E-state index contributed by atoms with van der Waals surface area (Å²) in [6.07, 6.45) is 0.756. The Labute approximate surface area is 117 Å². The van der Waals surface area contributed by atoms with Crippen LogP contribution in [0, 0.1) is 5.82 Å². The molecule has 2 nitrogen and oxygen atoms in total. The number of nitrogens with zero attached hydrogens (tertiary/aromatic N) is 1. The van der Waals surface area contributed by atoms with Crippen molar-refractivity contribution < 1.29 is 4.39 Å².